The van der Waals surface area contributed by atoms with Gasteiger partial charge in [0.2, 0.25) is 0 Å². The Kier molecular flexibility index (Phi) is 4.90. The van der Waals surface area contributed by atoms with Crippen LogP contribution in [0.5, 0.6) is 0 Å². The lowest BCUT2D eigenvalue weighted by Crippen LogP contribution is -2.22. The van der Waals surface area contributed by atoms with Gasteiger partial charge in [0.05, 0.1) is 28.5 Å². The predicted molar refractivity (Wildman–Crippen MR) is 78.4 cm³/mol. The number of nitrogens with zero attached hydrogens (tertiary/aromatic N) is 1. The normalized spacial score (nSPS) is 11.7. The van der Waals surface area contributed by atoms with E-state index >= 15 is 0 Å². The number of nitrogens with one attached hydrogen (secondary N) is 1. The maximum Gasteiger partial charge on any atom is 0.417 e. The molecule has 0 saturated carbocycles. The third kappa shape index (κ3) is 4.23. The van der Waals surface area contributed by atoms with Gasteiger partial charge in [0.1, 0.15) is 0 Å². The molecule has 0 aliphatic carbocycles. The average Bonchev–Trinajstić information content (AvgIpc) is 2.48. The number of carbonyl (C=O) groups excluding carboxylic acids is 1. The molecule has 0 radical (unpaired) electrons. The number of rotatable bonds is 4. The SMILES string of the molecule is O=C([O-])c1ccc(Cl)c(N/N=C\c2ccccc2C(F)(F)F)c1. The Hall–Kier alpha value is -2.54. The van der Waals surface area contributed by atoms with Crippen molar-refractivity contribution in [2.24, 2.45) is 5.10 Å². The Morgan fingerprint density at radius 3 is 2.57 bits per heavy atom. The Balaban J connectivity index is 2.24. The summed E-state index contributed by atoms with van der Waals surface area (Å²) in [5, 5.41) is 14.6. The molecule has 0 aromatic heterocycles. The van der Waals surface area contributed by atoms with Crippen LogP contribution in [0, 0.1) is 0 Å². The maximum absolute atomic E-state index is 12.8. The van der Waals surface area contributed by atoms with Gasteiger partial charge in [-0.3, -0.25) is 5.43 Å². The first-order valence-corrected chi connectivity index (χ1v) is 6.63. The fourth-order valence-corrected chi connectivity index (χ4v) is 1.94. The van der Waals surface area contributed by atoms with Gasteiger partial charge in [-0.15, -0.1) is 0 Å². The number of hydrogen-bond acceptors (Lipinski definition) is 4. The number of anilines is 1. The van der Waals surface area contributed by atoms with Gasteiger partial charge in [0.15, 0.2) is 0 Å². The van der Waals surface area contributed by atoms with Crippen LogP contribution in [-0.2, 0) is 6.18 Å². The van der Waals surface area contributed by atoms with E-state index in [-0.39, 0.29) is 21.8 Å². The van der Waals surface area contributed by atoms with E-state index in [2.05, 4.69) is 10.5 Å². The number of hydrazone groups is 1. The summed E-state index contributed by atoms with van der Waals surface area (Å²) in [6.07, 6.45) is -3.53. The van der Waals surface area contributed by atoms with Gasteiger partial charge in [0.25, 0.3) is 0 Å². The van der Waals surface area contributed by atoms with Crippen molar-refractivity contribution in [1.29, 1.82) is 0 Å². The lowest BCUT2D eigenvalue weighted by atomic mass is 10.1. The average molecular weight is 342 g/mol. The van der Waals surface area contributed by atoms with Crippen molar-refractivity contribution in [3.05, 3.63) is 64.2 Å². The Morgan fingerprint density at radius 1 is 1.22 bits per heavy atom. The highest BCUT2D eigenvalue weighted by atomic mass is 35.5. The summed E-state index contributed by atoms with van der Waals surface area (Å²) in [5.74, 6) is -1.41. The summed E-state index contributed by atoms with van der Waals surface area (Å²) in [5.41, 5.74) is 1.44. The molecule has 2 aromatic carbocycles. The number of benzene rings is 2. The highest BCUT2D eigenvalue weighted by Crippen LogP contribution is 2.31. The molecular formula is C15H9ClF3N2O2-. The summed E-state index contributed by atoms with van der Waals surface area (Å²) in [7, 11) is 0. The number of alkyl halides is 3. The number of carboxylic acids is 1. The molecule has 0 spiro atoms. The molecule has 0 aliphatic heterocycles. The highest BCUT2D eigenvalue weighted by Gasteiger charge is 2.32. The number of carboxylic acid groups (broad SMARTS) is 1. The molecule has 8 heteroatoms. The van der Waals surface area contributed by atoms with Crippen molar-refractivity contribution in [3.63, 3.8) is 0 Å². The zero-order chi connectivity index (χ0) is 17.0. The Bertz CT molecular complexity index is 761. The first-order chi connectivity index (χ1) is 10.8. The van der Waals surface area contributed by atoms with Gasteiger partial charge in [-0.25, -0.2) is 0 Å². The quantitative estimate of drug-likeness (QED) is 0.686. The number of carbonyl (C=O) groups is 1. The van der Waals surface area contributed by atoms with Gasteiger partial charge in [-0.1, -0.05) is 35.9 Å². The predicted octanol–water partition coefficient (Wildman–Crippen LogP) is 3.17. The molecule has 0 saturated heterocycles. The van der Waals surface area contributed by atoms with E-state index in [1.807, 2.05) is 0 Å². The molecule has 0 amide bonds. The minimum Gasteiger partial charge on any atom is -0.545 e. The molecule has 1 N–H and O–H groups in total. The molecule has 4 nitrogen and oxygen atoms in total. The van der Waals surface area contributed by atoms with E-state index in [9.17, 15) is 23.1 Å². The molecule has 23 heavy (non-hydrogen) atoms. The van der Waals surface area contributed by atoms with Crippen molar-refractivity contribution in [2.45, 2.75) is 6.18 Å². The van der Waals surface area contributed by atoms with Crippen molar-refractivity contribution in [3.8, 4) is 0 Å². The van der Waals surface area contributed by atoms with E-state index < -0.39 is 17.7 Å². The summed E-state index contributed by atoms with van der Waals surface area (Å²) < 4.78 is 38.5. The summed E-state index contributed by atoms with van der Waals surface area (Å²) in [6, 6.07) is 8.64. The van der Waals surface area contributed by atoms with Crippen LogP contribution in [0.3, 0.4) is 0 Å². The first-order valence-electron chi connectivity index (χ1n) is 6.25. The van der Waals surface area contributed by atoms with Crippen molar-refractivity contribution in [1.82, 2.24) is 0 Å². The van der Waals surface area contributed by atoms with Crippen LogP contribution in [0.2, 0.25) is 5.02 Å². The Morgan fingerprint density at radius 2 is 1.91 bits per heavy atom. The molecule has 0 fully saturated rings. The van der Waals surface area contributed by atoms with Crippen LogP contribution < -0.4 is 10.5 Å². The second-order valence-corrected chi connectivity index (χ2v) is 4.84. The molecule has 0 unspecified atom stereocenters. The molecule has 0 atom stereocenters. The number of hydrogen-bond donors (Lipinski definition) is 1. The maximum atomic E-state index is 12.8. The fraction of sp³-hybridized carbons (Fsp3) is 0.0667. The monoisotopic (exact) mass is 341 g/mol. The van der Waals surface area contributed by atoms with Crippen LogP contribution in [0.4, 0.5) is 18.9 Å². The zero-order valence-electron chi connectivity index (χ0n) is 11.4. The molecule has 2 rings (SSSR count). The van der Waals surface area contributed by atoms with Crippen molar-refractivity contribution >= 4 is 29.5 Å². The summed E-state index contributed by atoms with van der Waals surface area (Å²) >= 11 is 5.86. The third-order valence-electron chi connectivity index (χ3n) is 2.86. The lowest BCUT2D eigenvalue weighted by Gasteiger charge is -2.10. The molecular weight excluding hydrogens is 333 g/mol. The van der Waals surface area contributed by atoms with E-state index in [0.29, 0.717) is 0 Å². The van der Waals surface area contributed by atoms with Crippen LogP contribution >= 0.6 is 11.6 Å². The topological polar surface area (TPSA) is 64.5 Å². The van der Waals surface area contributed by atoms with Crippen LogP contribution in [0.25, 0.3) is 0 Å². The smallest absolute Gasteiger partial charge is 0.417 e. The minimum atomic E-state index is -4.50. The van der Waals surface area contributed by atoms with Crippen LogP contribution in [0.1, 0.15) is 21.5 Å². The molecule has 0 aliphatic rings. The molecule has 0 bridgehead atoms. The van der Waals surface area contributed by atoms with Gasteiger partial charge in [-0.05, 0) is 23.8 Å². The van der Waals surface area contributed by atoms with Gasteiger partial charge in [0, 0.05) is 5.56 Å². The molecule has 0 heterocycles. The second-order valence-electron chi connectivity index (χ2n) is 4.44. The first kappa shape index (κ1) is 16.8. The summed E-state index contributed by atoms with van der Waals surface area (Å²) in [6.45, 7) is 0. The van der Waals surface area contributed by atoms with E-state index in [4.69, 9.17) is 11.6 Å². The number of aromatic carboxylic acids is 1. The van der Waals surface area contributed by atoms with Gasteiger partial charge in [-0.2, -0.15) is 18.3 Å². The zero-order valence-corrected chi connectivity index (χ0v) is 12.2. The molecule has 2 aromatic rings. The summed E-state index contributed by atoms with van der Waals surface area (Å²) in [4.78, 5) is 10.8. The molecule has 120 valence electrons. The second kappa shape index (κ2) is 6.70. The fourth-order valence-electron chi connectivity index (χ4n) is 1.78. The van der Waals surface area contributed by atoms with Crippen molar-refractivity contribution < 1.29 is 23.1 Å². The van der Waals surface area contributed by atoms with Crippen LogP contribution in [0.15, 0.2) is 47.6 Å². The largest absolute Gasteiger partial charge is 0.545 e. The highest BCUT2D eigenvalue weighted by molar-refractivity contribution is 6.33. The van der Waals surface area contributed by atoms with Gasteiger partial charge < -0.3 is 9.90 Å². The van der Waals surface area contributed by atoms with E-state index in [1.54, 1.807) is 0 Å². The third-order valence-corrected chi connectivity index (χ3v) is 3.19. The van der Waals surface area contributed by atoms with Crippen LogP contribution in [-0.4, -0.2) is 12.2 Å². The minimum absolute atomic E-state index is 0.133. The Labute approximate surface area is 134 Å². The van der Waals surface area contributed by atoms with Gasteiger partial charge >= 0.3 is 6.18 Å². The van der Waals surface area contributed by atoms with E-state index in [0.717, 1.165) is 12.3 Å². The van der Waals surface area contributed by atoms with E-state index in [1.165, 1.54) is 36.4 Å². The number of halogens is 4. The standard InChI is InChI=1S/C15H10ClF3N2O2/c16-12-6-5-9(14(22)23)7-13(12)21-20-8-10-3-1-2-4-11(10)15(17,18)19/h1-8,21H,(H,22,23)/p-1/b20-8-. The lowest BCUT2D eigenvalue weighted by molar-refractivity contribution is -0.255. The van der Waals surface area contributed by atoms with Crippen molar-refractivity contribution in [2.75, 3.05) is 5.43 Å².